The first-order chi connectivity index (χ1) is 8.56. The Balaban J connectivity index is 2.30. The van der Waals surface area contributed by atoms with E-state index in [0.717, 1.165) is 23.6 Å². The van der Waals surface area contributed by atoms with Crippen molar-refractivity contribution in [3.63, 3.8) is 0 Å². The second-order valence-electron chi connectivity index (χ2n) is 4.74. The van der Waals surface area contributed by atoms with Gasteiger partial charge in [0.05, 0.1) is 12.3 Å². The van der Waals surface area contributed by atoms with Crippen LogP contribution < -0.4 is 5.32 Å². The molecule has 1 heterocycles. The van der Waals surface area contributed by atoms with Gasteiger partial charge in [-0.05, 0) is 39.4 Å². The van der Waals surface area contributed by atoms with Gasteiger partial charge in [0, 0.05) is 18.4 Å². The van der Waals surface area contributed by atoms with Crippen molar-refractivity contribution in [2.45, 2.75) is 50.2 Å². The smallest absolute Gasteiger partial charge is 0.114 e. The average molecular weight is 264 g/mol. The van der Waals surface area contributed by atoms with Gasteiger partial charge in [-0.1, -0.05) is 0 Å². The van der Waals surface area contributed by atoms with Crippen molar-refractivity contribution in [3.8, 4) is 6.07 Å². The van der Waals surface area contributed by atoms with Gasteiger partial charge in [-0.3, -0.25) is 10.3 Å². The lowest BCUT2D eigenvalue weighted by Crippen LogP contribution is -2.44. The Morgan fingerprint density at radius 2 is 2.28 bits per heavy atom. The van der Waals surface area contributed by atoms with Crippen LogP contribution in [0.3, 0.4) is 0 Å². The minimum atomic E-state index is -0.433. The lowest BCUT2D eigenvalue weighted by molar-refractivity contribution is 0.380. The molecule has 4 nitrogen and oxygen atoms in total. The quantitative estimate of drug-likeness (QED) is 0.606. The van der Waals surface area contributed by atoms with Crippen molar-refractivity contribution in [3.05, 3.63) is 18.6 Å². The fourth-order valence-electron chi connectivity index (χ4n) is 1.76. The summed E-state index contributed by atoms with van der Waals surface area (Å²) < 4.78 is 0. The maximum absolute atomic E-state index is 9.21. The molecule has 1 aromatic rings. The highest BCUT2D eigenvalue weighted by molar-refractivity contribution is 7.99. The van der Waals surface area contributed by atoms with E-state index in [1.807, 2.05) is 6.92 Å². The minimum absolute atomic E-state index is 0.322. The number of hydrogen-bond donors (Lipinski definition) is 1. The van der Waals surface area contributed by atoms with Gasteiger partial charge in [0.25, 0.3) is 0 Å². The first-order valence-corrected chi connectivity index (χ1v) is 7.12. The zero-order valence-electron chi connectivity index (χ0n) is 11.2. The van der Waals surface area contributed by atoms with Crippen molar-refractivity contribution >= 4 is 11.8 Å². The molecule has 0 aliphatic rings. The second-order valence-corrected chi connectivity index (χ2v) is 5.85. The van der Waals surface area contributed by atoms with Crippen LogP contribution in [0.1, 0.15) is 33.6 Å². The molecule has 1 unspecified atom stereocenters. The predicted molar refractivity (Wildman–Crippen MR) is 74.3 cm³/mol. The zero-order valence-corrected chi connectivity index (χ0v) is 12.0. The van der Waals surface area contributed by atoms with E-state index >= 15 is 0 Å². The van der Waals surface area contributed by atoms with Gasteiger partial charge in [0.2, 0.25) is 0 Å². The molecule has 0 aliphatic heterocycles. The van der Waals surface area contributed by atoms with E-state index in [4.69, 9.17) is 0 Å². The number of thioether (sulfide) groups is 1. The zero-order chi connectivity index (χ0) is 13.4. The molecule has 0 amide bonds. The van der Waals surface area contributed by atoms with Gasteiger partial charge in [0.15, 0.2) is 0 Å². The Hall–Kier alpha value is -1.12. The van der Waals surface area contributed by atoms with Crippen LogP contribution in [-0.4, -0.2) is 27.3 Å². The number of nitrogens with zero attached hydrogens (tertiary/aromatic N) is 3. The number of rotatable bonds is 7. The van der Waals surface area contributed by atoms with E-state index in [1.54, 1.807) is 30.4 Å². The molecule has 0 bridgehead atoms. The van der Waals surface area contributed by atoms with Gasteiger partial charge in [0.1, 0.15) is 10.6 Å². The van der Waals surface area contributed by atoms with Crippen LogP contribution >= 0.6 is 11.8 Å². The molecule has 0 saturated heterocycles. The van der Waals surface area contributed by atoms with Crippen LogP contribution in [0.25, 0.3) is 0 Å². The minimum Gasteiger partial charge on any atom is -0.297 e. The second kappa shape index (κ2) is 7.34. The number of nitrogens with one attached hydrogen (secondary N) is 1. The molecule has 0 aromatic carbocycles. The summed E-state index contributed by atoms with van der Waals surface area (Å²) in [5.74, 6) is 0.954. The number of nitriles is 1. The molecule has 1 rings (SSSR count). The molecule has 1 atom stereocenters. The van der Waals surface area contributed by atoms with Crippen LogP contribution in [0.15, 0.2) is 23.6 Å². The number of aromatic nitrogens is 2. The van der Waals surface area contributed by atoms with Crippen LogP contribution in [0.5, 0.6) is 0 Å². The van der Waals surface area contributed by atoms with Gasteiger partial charge >= 0.3 is 0 Å². The Morgan fingerprint density at radius 1 is 1.50 bits per heavy atom. The fraction of sp³-hybridized carbons (Fsp3) is 0.615. The largest absolute Gasteiger partial charge is 0.297 e. The molecule has 0 saturated carbocycles. The van der Waals surface area contributed by atoms with Crippen LogP contribution in [0.2, 0.25) is 0 Å². The Labute approximate surface area is 113 Å². The molecule has 0 spiro atoms. The van der Waals surface area contributed by atoms with E-state index in [-0.39, 0.29) is 0 Å². The Bertz CT molecular complexity index is 388. The molecule has 98 valence electrons. The van der Waals surface area contributed by atoms with Crippen molar-refractivity contribution in [1.29, 1.82) is 5.26 Å². The summed E-state index contributed by atoms with van der Waals surface area (Å²) in [5.41, 5.74) is -0.433. The third-order valence-corrected chi connectivity index (χ3v) is 3.46. The molecule has 1 N–H and O–H groups in total. The third kappa shape index (κ3) is 5.48. The summed E-state index contributed by atoms with van der Waals surface area (Å²) in [6.07, 6.45) is 6.95. The maximum Gasteiger partial charge on any atom is 0.114 e. The van der Waals surface area contributed by atoms with E-state index in [9.17, 15) is 5.26 Å². The van der Waals surface area contributed by atoms with E-state index in [0.29, 0.717) is 6.04 Å². The van der Waals surface area contributed by atoms with E-state index in [1.165, 1.54) is 0 Å². The van der Waals surface area contributed by atoms with Crippen LogP contribution in [0, 0.1) is 11.3 Å². The standard InChI is InChI=1S/C13H20N4S/c1-11(2)17-13(3,10-14)5-4-8-18-12-9-15-6-7-16-12/h6-7,9,11,17H,4-5,8H2,1-3H3. The highest BCUT2D eigenvalue weighted by Crippen LogP contribution is 2.19. The molecule has 0 radical (unpaired) electrons. The van der Waals surface area contributed by atoms with E-state index < -0.39 is 5.54 Å². The first kappa shape index (κ1) is 14.9. The van der Waals surface area contributed by atoms with Crippen molar-refractivity contribution < 1.29 is 0 Å². The SMILES string of the molecule is CC(C)NC(C)(C#N)CCCSc1cnccn1. The highest BCUT2D eigenvalue weighted by Gasteiger charge is 2.23. The predicted octanol–water partition coefficient (Wildman–Crippen LogP) is 2.63. The average Bonchev–Trinajstić information content (AvgIpc) is 2.35. The van der Waals surface area contributed by atoms with Crippen molar-refractivity contribution in [2.24, 2.45) is 0 Å². The normalized spacial score (nSPS) is 14.2. The summed E-state index contributed by atoms with van der Waals surface area (Å²) >= 11 is 1.68. The summed E-state index contributed by atoms with van der Waals surface area (Å²) in [7, 11) is 0. The lowest BCUT2D eigenvalue weighted by atomic mass is 9.97. The molecule has 5 heteroatoms. The molecular weight excluding hydrogens is 244 g/mol. The van der Waals surface area contributed by atoms with Crippen LogP contribution in [0.4, 0.5) is 0 Å². The summed E-state index contributed by atoms with van der Waals surface area (Å²) in [4.78, 5) is 8.22. The van der Waals surface area contributed by atoms with Gasteiger partial charge in [-0.25, -0.2) is 4.98 Å². The molecule has 18 heavy (non-hydrogen) atoms. The van der Waals surface area contributed by atoms with Gasteiger partial charge in [-0.15, -0.1) is 11.8 Å². The van der Waals surface area contributed by atoms with Gasteiger partial charge < -0.3 is 0 Å². The van der Waals surface area contributed by atoms with E-state index in [2.05, 4.69) is 35.2 Å². The Morgan fingerprint density at radius 3 is 2.83 bits per heavy atom. The molecular formula is C13H20N4S. The highest BCUT2D eigenvalue weighted by atomic mass is 32.2. The molecule has 0 fully saturated rings. The summed E-state index contributed by atoms with van der Waals surface area (Å²) in [5, 5.41) is 13.5. The van der Waals surface area contributed by atoms with Crippen molar-refractivity contribution in [2.75, 3.05) is 5.75 Å². The molecule has 0 aliphatic carbocycles. The topological polar surface area (TPSA) is 61.6 Å². The number of hydrogen-bond acceptors (Lipinski definition) is 5. The van der Waals surface area contributed by atoms with Crippen molar-refractivity contribution in [1.82, 2.24) is 15.3 Å². The lowest BCUT2D eigenvalue weighted by Gasteiger charge is -2.25. The maximum atomic E-state index is 9.21. The Kier molecular flexibility index (Phi) is 6.10. The monoisotopic (exact) mass is 264 g/mol. The first-order valence-electron chi connectivity index (χ1n) is 6.13. The molecule has 1 aromatic heterocycles. The van der Waals surface area contributed by atoms with Gasteiger partial charge in [-0.2, -0.15) is 5.26 Å². The summed E-state index contributed by atoms with van der Waals surface area (Å²) in [6.45, 7) is 6.08. The fourth-order valence-corrected chi connectivity index (χ4v) is 2.53. The summed E-state index contributed by atoms with van der Waals surface area (Å²) in [6, 6.07) is 2.68. The third-order valence-electron chi connectivity index (χ3n) is 2.46. The van der Waals surface area contributed by atoms with Crippen LogP contribution in [-0.2, 0) is 0 Å².